The van der Waals surface area contributed by atoms with Gasteiger partial charge >= 0.3 is 6.03 Å². The molecule has 0 radical (unpaired) electrons. The van der Waals surface area contributed by atoms with Gasteiger partial charge in [0.05, 0.1) is 4.90 Å². The van der Waals surface area contributed by atoms with Crippen LogP contribution in [-0.4, -0.2) is 41.3 Å². The van der Waals surface area contributed by atoms with Crippen LogP contribution in [0.4, 0.5) is 10.5 Å². The van der Waals surface area contributed by atoms with Crippen molar-refractivity contribution in [3.05, 3.63) is 23.8 Å². The summed E-state index contributed by atoms with van der Waals surface area (Å²) in [4.78, 5) is 12.0. The lowest BCUT2D eigenvalue weighted by molar-refractivity contribution is 0.185. The number of amides is 2. The first-order valence-corrected chi connectivity index (χ1v) is 8.39. The monoisotopic (exact) mass is 329 g/mol. The summed E-state index contributed by atoms with van der Waals surface area (Å²) < 4.78 is 31.0. The fourth-order valence-electron chi connectivity index (χ4n) is 1.84. The molecule has 0 saturated heterocycles. The number of rotatable bonds is 7. The molecular weight excluding hydrogens is 306 g/mol. The third-order valence-corrected chi connectivity index (χ3v) is 4.69. The van der Waals surface area contributed by atoms with Crippen molar-refractivity contribution >= 4 is 21.7 Å². The summed E-state index contributed by atoms with van der Waals surface area (Å²) in [6.45, 7) is 4.11. The summed E-state index contributed by atoms with van der Waals surface area (Å²) in [5.41, 5.74) is 1.02. The zero-order chi connectivity index (χ0) is 16.8. The van der Waals surface area contributed by atoms with Crippen molar-refractivity contribution in [2.45, 2.75) is 31.2 Å². The van der Waals surface area contributed by atoms with E-state index < -0.39 is 10.0 Å². The summed E-state index contributed by atoms with van der Waals surface area (Å²) in [5, 5.41) is 5.38. The normalized spacial score (nSPS) is 12.7. The molecule has 8 heteroatoms. The first-order chi connectivity index (χ1) is 10.3. The van der Waals surface area contributed by atoms with Gasteiger partial charge in [-0.3, -0.25) is 0 Å². The molecule has 0 spiro atoms. The highest BCUT2D eigenvalue weighted by atomic mass is 32.2. The fourth-order valence-corrected chi connectivity index (χ4v) is 2.83. The lowest BCUT2D eigenvalue weighted by atomic mass is 10.2. The summed E-state index contributed by atoms with van der Waals surface area (Å²) in [6, 6.07) is 4.30. The Kier molecular flexibility index (Phi) is 6.79. The van der Waals surface area contributed by atoms with E-state index in [1.54, 1.807) is 26.2 Å². The molecule has 3 N–H and O–H groups in total. The Morgan fingerprint density at radius 1 is 1.36 bits per heavy atom. The molecule has 1 rings (SSSR count). The number of benzene rings is 1. The molecule has 22 heavy (non-hydrogen) atoms. The third kappa shape index (κ3) is 5.28. The smallest absolute Gasteiger partial charge is 0.319 e. The minimum atomic E-state index is -3.56. The molecule has 0 aliphatic rings. The maximum atomic E-state index is 11.9. The number of carbonyl (C=O) groups is 1. The van der Waals surface area contributed by atoms with Crippen molar-refractivity contribution in [3.8, 4) is 0 Å². The number of anilines is 1. The molecule has 0 bridgehead atoms. The zero-order valence-corrected chi connectivity index (χ0v) is 14.1. The summed E-state index contributed by atoms with van der Waals surface area (Å²) in [7, 11) is -0.614. The number of hydrogen-bond donors (Lipinski definition) is 3. The maximum absolute atomic E-state index is 11.9. The predicted molar refractivity (Wildman–Crippen MR) is 85.5 cm³/mol. The van der Waals surface area contributed by atoms with Gasteiger partial charge in [-0.1, -0.05) is 6.07 Å². The van der Waals surface area contributed by atoms with E-state index in [-0.39, 0.29) is 17.0 Å². The van der Waals surface area contributed by atoms with Crippen LogP contribution in [0.1, 0.15) is 18.9 Å². The highest BCUT2D eigenvalue weighted by Crippen LogP contribution is 2.19. The third-order valence-electron chi connectivity index (χ3n) is 3.14. The van der Waals surface area contributed by atoms with Crippen LogP contribution in [0, 0.1) is 6.92 Å². The molecule has 2 amide bonds. The summed E-state index contributed by atoms with van der Waals surface area (Å²) >= 11 is 0. The van der Waals surface area contributed by atoms with Crippen molar-refractivity contribution in [2.24, 2.45) is 0 Å². The van der Waals surface area contributed by atoms with Crippen LogP contribution < -0.4 is 15.4 Å². The molecule has 0 unspecified atom stereocenters. The Balaban J connectivity index is 2.78. The van der Waals surface area contributed by atoms with Crippen molar-refractivity contribution in [3.63, 3.8) is 0 Å². The molecule has 7 nitrogen and oxygen atoms in total. The van der Waals surface area contributed by atoms with Crippen LogP contribution in [0.5, 0.6) is 0 Å². The molecule has 0 aliphatic carbocycles. The Morgan fingerprint density at radius 2 is 2.05 bits per heavy atom. The molecule has 1 aromatic rings. The fraction of sp³-hybridized carbons (Fsp3) is 0.500. The molecule has 0 aliphatic heterocycles. The average molecular weight is 329 g/mol. The Labute approximate surface area is 131 Å². The zero-order valence-electron chi connectivity index (χ0n) is 13.3. The molecule has 0 aromatic heterocycles. The minimum Gasteiger partial charge on any atom is -0.385 e. The van der Waals surface area contributed by atoms with E-state index in [4.69, 9.17) is 4.74 Å². The van der Waals surface area contributed by atoms with E-state index in [0.29, 0.717) is 24.3 Å². The number of ether oxygens (including phenoxy) is 1. The SMILES string of the molecule is CNS(=O)(=O)c1cc(NC(=O)N[C@H](C)CCOC)ccc1C. The Bertz CT molecular complexity index is 617. The van der Waals surface area contributed by atoms with Crippen molar-refractivity contribution in [2.75, 3.05) is 26.1 Å². The van der Waals surface area contributed by atoms with Crippen LogP contribution in [0.3, 0.4) is 0 Å². The van der Waals surface area contributed by atoms with Gasteiger partial charge in [0.1, 0.15) is 0 Å². The number of nitrogens with one attached hydrogen (secondary N) is 3. The largest absolute Gasteiger partial charge is 0.385 e. The predicted octanol–water partition coefficient (Wildman–Crippen LogP) is 1.45. The average Bonchev–Trinajstić information content (AvgIpc) is 2.46. The van der Waals surface area contributed by atoms with E-state index >= 15 is 0 Å². The van der Waals surface area contributed by atoms with Gasteiger partial charge in [0.25, 0.3) is 0 Å². The molecule has 1 aromatic carbocycles. The van der Waals surface area contributed by atoms with Gasteiger partial charge in [0.15, 0.2) is 0 Å². The maximum Gasteiger partial charge on any atom is 0.319 e. The van der Waals surface area contributed by atoms with Crippen molar-refractivity contribution in [1.82, 2.24) is 10.0 Å². The standard InChI is InChI=1S/C14H23N3O4S/c1-10-5-6-12(9-13(10)22(19,20)15-3)17-14(18)16-11(2)7-8-21-4/h5-6,9,11,15H,7-8H2,1-4H3,(H2,16,17,18)/t11-/m1/s1. The molecular formula is C14H23N3O4S. The quantitative estimate of drug-likeness (QED) is 0.705. The van der Waals surface area contributed by atoms with E-state index in [9.17, 15) is 13.2 Å². The van der Waals surface area contributed by atoms with Gasteiger partial charge in [-0.2, -0.15) is 0 Å². The van der Waals surface area contributed by atoms with Crippen molar-refractivity contribution < 1.29 is 17.9 Å². The highest BCUT2D eigenvalue weighted by molar-refractivity contribution is 7.89. The molecule has 124 valence electrons. The number of aryl methyl sites for hydroxylation is 1. The van der Waals surface area contributed by atoms with Gasteiger partial charge in [-0.05, 0) is 45.0 Å². The van der Waals surface area contributed by atoms with Crippen LogP contribution in [-0.2, 0) is 14.8 Å². The van der Waals surface area contributed by atoms with Crippen LogP contribution in [0.25, 0.3) is 0 Å². The highest BCUT2D eigenvalue weighted by Gasteiger charge is 2.16. The molecule has 0 saturated carbocycles. The minimum absolute atomic E-state index is 0.0501. The van der Waals surface area contributed by atoms with Gasteiger partial charge < -0.3 is 15.4 Å². The molecule has 1 atom stereocenters. The van der Waals surface area contributed by atoms with Crippen molar-refractivity contribution in [1.29, 1.82) is 0 Å². The second-order valence-corrected chi connectivity index (χ2v) is 6.82. The van der Waals surface area contributed by atoms with Gasteiger partial charge in [0, 0.05) is 25.4 Å². The first kappa shape index (κ1) is 18.4. The van der Waals surface area contributed by atoms with Gasteiger partial charge in [-0.15, -0.1) is 0 Å². The molecule has 0 fully saturated rings. The number of urea groups is 1. The van der Waals surface area contributed by atoms with E-state index in [1.165, 1.54) is 13.1 Å². The van der Waals surface area contributed by atoms with E-state index in [1.807, 2.05) is 6.92 Å². The number of hydrogen-bond acceptors (Lipinski definition) is 4. The summed E-state index contributed by atoms with van der Waals surface area (Å²) in [6.07, 6.45) is 0.692. The Morgan fingerprint density at radius 3 is 2.64 bits per heavy atom. The van der Waals surface area contributed by atoms with E-state index in [0.717, 1.165) is 0 Å². The molecule has 0 heterocycles. The number of carbonyl (C=O) groups excluding carboxylic acids is 1. The van der Waals surface area contributed by atoms with Crippen LogP contribution in [0.15, 0.2) is 23.1 Å². The lowest BCUT2D eigenvalue weighted by Crippen LogP contribution is -2.36. The van der Waals surface area contributed by atoms with Crippen LogP contribution in [0.2, 0.25) is 0 Å². The topological polar surface area (TPSA) is 96.5 Å². The second-order valence-electron chi connectivity index (χ2n) is 4.97. The lowest BCUT2D eigenvalue weighted by Gasteiger charge is -2.15. The second kappa shape index (κ2) is 8.11. The Hall–Kier alpha value is -1.64. The van der Waals surface area contributed by atoms with Crippen LogP contribution >= 0.6 is 0 Å². The van der Waals surface area contributed by atoms with Gasteiger partial charge in [0.2, 0.25) is 10.0 Å². The first-order valence-electron chi connectivity index (χ1n) is 6.90. The van der Waals surface area contributed by atoms with E-state index in [2.05, 4.69) is 15.4 Å². The van der Waals surface area contributed by atoms with Gasteiger partial charge in [-0.25, -0.2) is 17.9 Å². The number of methoxy groups -OCH3 is 1. The summed E-state index contributed by atoms with van der Waals surface area (Å²) in [5.74, 6) is 0. The number of sulfonamides is 1.